The molecule has 1 saturated heterocycles. The first-order valence-electron chi connectivity index (χ1n) is 17.5. The van der Waals surface area contributed by atoms with Gasteiger partial charge in [0.1, 0.15) is 0 Å². The van der Waals surface area contributed by atoms with E-state index in [9.17, 15) is 4.21 Å². The third-order valence-electron chi connectivity index (χ3n) is 13.0. The fraction of sp³-hybridized carbons (Fsp3) is 0.892. The van der Waals surface area contributed by atoms with Crippen molar-refractivity contribution in [2.24, 2.45) is 45.8 Å². The average Bonchev–Trinajstić information content (AvgIpc) is 3.34. The van der Waals surface area contributed by atoms with E-state index in [0.717, 1.165) is 67.3 Å². The Bertz CT molecular complexity index is 945. The molecular formula is C37H66N2OS. The summed E-state index contributed by atoms with van der Waals surface area (Å²) in [5, 5.41) is 4.21. The van der Waals surface area contributed by atoms with Crippen LogP contribution in [0.3, 0.4) is 0 Å². The molecule has 41 heavy (non-hydrogen) atoms. The van der Waals surface area contributed by atoms with Crippen LogP contribution in [0.5, 0.6) is 0 Å². The molecule has 6 rings (SSSR count). The Hall–Kier alpha value is -0.450. The minimum atomic E-state index is -0.565. The minimum absolute atomic E-state index is 0.367. The zero-order valence-electron chi connectivity index (χ0n) is 28.3. The van der Waals surface area contributed by atoms with Crippen molar-refractivity contribution < 1.29 is 4.21 Å². The van der Waals surface area contributed by atoms with E-state index in [2.05, 4.69) is 56.6 Å². The lowest BCUT2D eigenvalue weighted by Crippen LogP contribution is -2.63. The Labute approximate surface area is 257 Å². The van der Waals surface area contributed by atoms with Gasteiger partial charge in [-0.05, 0) is 117 Å². The minimum Gasteiger partial charge on any atom is -0.310 e. The summed E-state index contributed by atoms with van der Waals surface area (Å²) in [6.45, 7) is 26.3. The highest BCUT2D eigenvalue weighted by atomic mass is 32.2. The first-order valence-corrected chi connectivity index (χ1v) is 19.0. The standard InChI is InChI=1S/C31H52N2OS.C4H8.C2H6/c1-28(2)12-6-13-30(4)26(28)11-15-29(3)24-10-16-31(32-17-18-33-19-21-35(34)22-20-33)14-5-7-25(31)23(24)8-9-27(29)30;1-4(2)3;1-2/h6,12,23-27,32H,5,7-11,13-22H2,1-4H3;1H2,2-3H3;1-2H3/t23?,24?,25-,26?,27?,29?,30?,31?;;/m1../s1. The second-order valence-corrected chi connectivity index (χ2v) is 17.6. The van der Waals surface area contributed by atoms with Gasteiger partial charge in [-0.15, -0.1) is 6.58 Å². The third kappa shape index (κ3) is 6.51. The highest BCUT2D eigenvalue weighted by molar-refractivity contribution is 7.85. The van der Waals surface area contributed by atoms with Gasteiger partial charge in [-0.1, -0.05) is 65.7 Å². The molecule has 7 unspecified atom stereocenters. The van der Waals surface area contributed by atoms with Crippen molar-refractivity contribution in [2.45, 2.75) is 125 Å². The molecule has 3 nitrogen and oxygen atoms in total. The van der Waals surface area contributed by atoms with Gasteiger partial charge in [0, 0.05) is 54.0 Å². The summed E-state index contributed by atoms with van der Waals surface area (Å²) in [5.41, 5.74) is 3.00. The Morgan fingerprint density at radius 2 is 1.59 bits per heavy atom. The first kappa shape index (κ1) is 33.4. The van der Waals surface area contributed by atoms with E-state index in [-0.39, 0.29) is 0 Å². The maximum atomic E-state index is 11.7. The molecule has 0 amide bonds. The van der Waals surface area contributed by atoms with Gasteiger partial charge in [-0.2, -0.15) is 0 Å². The fourth-order valence-corrected chi connectivity index (χ4v) is 12.6. The van der Waals surface area contributed by atoms with Gasteiger partial charge in [0.25, 0.3) is 0 Å². The summed E-state index contributed by atoms with van der Waals surface area (Å²) in [5.74, 6) is 6.32. The van der Waals surface area contributed by atoms with Gasteiger partial charge in [0.15, 0.2) is 0 Å². The highest BCUT2D eigenvalue weighted by Gasteiger charge is 2.64. The molecule has 0 aromatic rings. The normalized spacial score (nSPS) is 43.2. The van der Waals surface area contributed by atoms with Crippen molar-refractivity contribution in [2.75, 3.05) is 37.7 Å². The van der Waals surface area contributed by atoms with Crippen molar-refractivity contribution in [3.8, 4) is 0 Å². The molecule has 4 heteroatoms. The van der Waals surface area contributed by atoms with Crippen molar-refractivity contribution in [1.82, 2.24) is 10.2 Å². The van der Waals surface area contributed by atoms with Crippen LogP contribution >= 0.6 is 0 Å². The van der Waals surface area contributed by atoms with Crippen LogP contribution in [0.1, 0.15) is 120 Å². The first-order chi connectivity index (χ1) is 19.4. The summed E-state index contributed by atoms with van der Waals surface area (Å²) in [6, 6.07) is 0. The predicted octanol–water partition coefficient (Wildman–Crippen LogP) is 8.63. The molecule has 8 atom stereocenters. The molecule has 6 aliphatic rings. The molecular weight excluding hydrogens is 520 g/mol. The lowest BCUT2D eigenvalue weighted by Gasteiger charge is -2.68. The zero-order chi connectivity index (χ0) is 30.1. The van der Waals surface area contributed by atoms with Crippen LogP contribution in [0.15, 0.2) is 24.3 Å². The lowest BCUT2D eigenvalue weighted by molar-refractivity contribution is -0.174. The molecule has 4 saturated carbocycles. The molecule has 1 heterocycles. The van der Waals surface area contributed by atoms with Crippen LogP contribution in [0.2, 0.25) is 0 Å². The van der Waals surface area contributed by atoms with Crippen LogP contribution in [0.4, 0.5) is 0 Å². The van der Waals surface area contributed by atoms with Crippen LogP contribution < -0.4 is 5.32 Å². The van der Waals surface area contributed by atoms with Gasteiger partial charge in [-0.25, -0.2) is 0 Å². The monoisotopic (exact) mass is 586 g/mol. The number of allylic oxidation sites excluding steroid dienone is 3. The molecule has 0 spiro atoms. The van der Waals surface area contributed by atoms with E-state index in [1.165, 1.54) is 69.8 Å². The number of nitrogens with zero attached hydrogens (tertiary/aromatic N) is 1. The van der Waals surface area contributed by atoms with Crippen molar-refractivity contribution in [1.29, 1.82) is 0 Å². The van der Waals surface area contributed by atoms with Crippen LogP contribution in [0, 0.1) is 45.8 Å². The maximum absolute atomic E-state index is 11.7. The molecule has 0 aromatic carbocycles. The SMILES string of the molecule is C=C(C)C.CC.CC1(C)C=CCC2(C)C1CCC1(C)C3CCC4(NCCN5CCS(=O)CC5)CCC[C@@H]4C3CCC12. The van der Waals surface area contributed by atoms with E-state index in [1.54, 1.807) is 0 Å². The molecule has 236 valence electrons. The van der Waals surface area contributed by atoms with Crippen LogP contribution in [-0.2, 0) is 10.8 Å². The molecule has 0 bridgehead atoms. The third-order valence-corrected chi connectivity index (χ3v) is 14.2. The van der Waals surface area contributed by atoms with Crippen molar-refractivity contribution in [3.05, 3.63) is 24.3 Å². The molecule has 5 aliphatic carbocycles. The second kappa shape index (κ2) is 13.3. The Morgan fingerprint density at radius 1 is 0.902 bits per heavy atom. The van der Waals surface area contributed by atoms with Crippen LogP contribution in [0.25, 0.3) is 0 Å². The predicted molar refractivity (Wildman–Crippen MR) is 180 cm³/mol. The number of nitrogens with one attached hydrogen (secondary N) is 1. The average molecular weight is 587 g/mol. The lowest BCUT2D eigenvalue weighted by atomic mass is 9.37. The number of fused-ring (bicyclic) bond motifs is 7. The van der Waals surface area contributed by atoms with E-state index in [0.29, 0.717) is 21.8 Å². The second-order valence-electron chi connectivity index (χ2n) is 15.9. The van der Waals surface area contributed by atoms with E-state index in [4.69, 9.17) is 0 Å². The smallest absolute Gasteiger partial charge is 0.0363 e. The highest BCUT2D eigenvalue weighted by Crippen LogP contribution is 2.71. The van der Waals surface area contributed by atoms with E-state index < -0.39 is 10.8 Å². The largest absolute Gasteiger partial charge is 0.310 e. The maximum Gasteiger partial charge on any atom is 0.0363 e. The van der Waals surface area contributed by atoms with E-state index >= 15 is 0 Å². The Kier molecular flexibility index (Phi) is 10.8. The van der Waals surface area contributed by atoms with Gasteiger partial charge < -0.3 is 10.2 Å². The summed E-state index contributed by atoms with van der Waals surface area (Å²) >= 11 is 0. The summed E-state index contributed by atoms with van der Waals surface area (Å²) in [6.07, 6.45) is 19.5. The summed E-state index contributed by atoms with van der Waals surface area (Å²) in [4.78, 5) is 2.55. The molecule has 5 fully saturated rings. The van der Waals surface area contributed by atoms with Crippen LogP contribution in [-0.4, -0.2) is 52.3 Å². The Morgan fingerprint density at radius 3 is 2.27 bits per heavy atom. The van der Waals surface area contributed by atoms with Gasteiger partial charge in [0.05, 0.1) is 0 Å². The fourth-order valence-electron chi connectivity index (χ4n) is 11.5. The molecule has 0 radical (unpaired) electrons. The number of hydrogen-bond acceptors (Lipinski definition) is 3. The molecule has 1 aliphatic heterocycles. The van der Waals surface area contributed by atoms with Gasteiger partial charge in [-0.3, -0.25) is 4.21 Å². The number of rotatable bonds is 4. The van der Waals surface area contributed by atoms with E-state index in [1.807, 2.05) is 27.7 Å². The molecule has 1 N–H and O–H groups in total. The van der Waals surface area contributed by atoms with Crippen molar-refractivity contribution in [3.63, 3.8) is 0 Å². The van der Waals surface area contributed by atoms with Gasteiger partial charge in [0.2, 0.25) is 0 Å². The zero-order valence-corrected chi connectivity index (χ0v) is 29.1. The summed E-state index contributed by atoms with van der Waals surface area (Å²) < 4.78 is 11.7. The summed E-state index contributed by atoms with van der Waals surface area (Å²) in [7, 11) is -0.565. The quantitative estimate of drug-likeness (QED) is 0.335. The topological polar surface area (TPSA) is 32.3 Å². The number of hydrogen-bond donors (Lipinski definition) is 1. The van der Waals surface area contributed by atoms with Crippen molar-refractivity contribution >= 4 is 10.8 Å². The molecule has 0 aromatic heterocycles. The Balaban J connectivity index is 0.000000596. The van der Waals surface area contributed by atoms with Gasteiger partial charge >= 0.3 is 0 Å².